The van der Waals surface area contributed by atoms with Gasteiger partial charge in [-0.2, -0.15) is 0 Å². The Hall–Kier alpha value is -2.54. The zero-order valence-corrected chi connectivity index (χ0v) is 13.4. The van der Waals surface area contributed by atoms with Gasteiger partial charge in [0, 0.05) is 6.54 Å². The number of sulfonamides is 1. The molecular formula is C16H17NO5S. The molecule has 0 aromatic heterocycles. The lowest BCUT2D eigenvalue weighted by Gasteiger charge is -2.23. The van der Waals surface area contributed by atoms with Crippen molar-refractivity contribution in [2.75, 3.05) is 17.5 Å². The Balaban J connectivity index is 2.26. The number of carboxylic acids is 1. The molecule has 6 nitrogen and oxygen atoms in total. The van der Waals surface area contributed by atoms with Gasteiger partial charge in [0.25, 0.3) is 10.0 Å². The van der Waals surface area contributed by atoms with Gasteiger partial charge in [-0.25, -0.2) is 13.2 Å². The molecule has 2 aromatic carbocycles. The van der Waals surface area contributed by atoms with Gasteiger partial charge in [-0.3, -0.25) is 4.31 Å². The summed E-state index contributed by atoms with van der Waals surface area (Å²) in [7, 11) is -3.69. The zero-order chi connectivity index (χ0) is 16.9. The number of para-hydroxylation sites is 1. The van der Waals surface area contributed by atoms with Crippen LogP contribution in [0.2, 0.25) is 0 Å². The van der Waals surface area contributed by atoms with Crippen LogP contribution in [0.3, 0.4) is 0 Å². The summed E-state index contributed by atoms with van der Waals surface area (Å²) in [5, 5.41) is 8.56. The lowest BCUT2D eigenvalue weighted by Crippen LogP contribution is -2.30. The lowest BCUT2D eigenvalue weighted by atomic mass is 10.3. The maximum absolute atomic E-state index is 12.7. The van der Waals surface area contributed by atoms with Gasteiger partial charge < -0.3 is 9.84 Å². The molecule has 23 heavy (non-hydrogen) atoms. The summed E-state index contributed by atoms with van der Waals surface area (Å²) < 4.78 is 31.8. The van der Waals surface area contributed by atoms with Crippen LogP contribution >= 0.6 is 0 Å². The van der Waals surface area contributed by atoms with E-state index in [2.05, 4.69) is 0 Å². The number of carbonyl (C=O) groups is 1. The average Bonchev–Trinajstić information content (AvgIpc) is 2.55. The quantitative estimate of drug-likeness (QED) is 0.840. The smallest absolute Gasteiger partial charge is 0.341 e. The van der Waals surface area contributed by atoms with Crippen molar-refractivity contribution in [3.8, 4) is 5.75 Å². The normalized spacial score (nSPS) is 11.0. The summed E-state index contributed by atoms with van der Waals surface area (Å²) in [5.41, 5.74) is 0.584. The van der Waals surface area contributed by atoms with Gasteiger partial charge in [-0.15, -0.1) is 0 Å². The Labute approximate surface area is 135 Å². The molecular weight excluding hydrogens is 318 g/mol. The summed E-state index contributed by atoms with van der Waals surface area (Å²) in [6.45, 7) is 1.58. The Morgan fingerprint density at radius 1 is 1.09 bits per heavy atom. The summed E-state index contributed by atoms with van der Waals surface area (Å²) in [6.07, 6.45) is 0. The molecule has 7 heteroatoms. The maximum atomic E-state index is 12.7. The number of anilines is 1. The number of benzene rings is 2. The SMILES string of the molecule is CCN(c1ccccc1)S(=O)(=O)c1ccc(OCC(=O)O)cc1. The molecule has 122 valence electrons. The third kappa shape index (κ3) is 4.01. The van der Waals surface area contributed by atoms with Crippen LogP contribution in [0.25, 0.3) is 0 Å². The van der Waals surface area contributed by atoms with Gasteiger partial charge in [0.2, 0.25) is 0 Å². The Bertz CT molecular complexity index is 757. The summed E-state index contributed by atoms with van der Waals surface area (Å²) >= 11 is 0. The highest BCUT2D eigenvalue weighted by molar-refractivity contribution is 7.92. The van der Waals surface area contributed by atoms with Crippen molar-refractivity contribution < 1.29 is 23.1 Å². The van der Waals surface area contributed by atoms with E-state index in [4.69, 9.17) is 9.84 Å². The molecule has 0 radical (unpaired) electrons. The van der Waals surface area contributed by atoms with Gasteiger partial charge in [-0.1, -0.05) is 18.2 Å². The first-order valence-corrected chi connectivity index (χ1v) is 8.41. The van der Waals surface area contributed by atoms with E-state index in [9.17, 15) is 13.2 Å². The fourth-order valence-corrected chi connectivity index (χ4v) is 3.54. The Kier molecular flexibility index (Phi) is 5.23. The molecule has 0 fully saturated rings. The minimum atomic E-state index is -3.69. The van der Waals surface area contributed by atoms with E-state index in [1.54, 1.807) is 31.2 Å². The van der Waals surface area contributed by atoms with Crippen LogP contribution < -0.4 is 9.04 Å². The van der Waals surface area contributed by atoms with Gasteiger partial charge >= 0.3 is 5.97 Å². The second-order valence-electron chi connectivity index (χ2n) is 4.66. The van der Waals surface area contributed by atoms with Crippen molar-refractivity contribution in [2.45, 2.75) is 11.8 Å². The zero-order valence-electron chi connectivity index (χ0n) is 12.5. The third-order valence-corrected chi connectivity index (χ3v) is 5.02. The molecule has 0 saturated carbocycles. The Morgan fingerprint density at radius 2 is 1.70 bits per heavy atom. The van der Waals surface area contributed by atoms with E-state index in [0.29, 0.717) is 18.0 Å². The highest BCUT2D eigenvalue weighted by Gasteiger charge is 2.23. The molecule has 0 atom stereocenters. The number of nitrogens with zero attached hydrogens (tertiary/aromatic N) is 1. The number of rotatable bonds is 7. The van der Waals surface area contributed by atoms with E-state index in [1.165, 1.54) is 28.6 Å². The van der Waals surface area contributed by atoms with Gasteiger partial charge in [-0.05, 0) is 43.3 Å². The van der Waals surface area contributed by atoms with Crippen molar-refractivity contribution >= 4 is 21.7 Å². The van der Waals surface area contributed by atoms with Crippen molar-refractivity contribution in [3.63, 3.8) is 0 Å². The van der Waals surface area contributed by atoms with E-state index < -0.39 is 22.6 Å². The summed E-state index contributed by atoms with van der Waals surface area (Å²) in [4.78, 5) is 10.6. The molecule has 0 aliphatic rings. The molecule has 0 saturated heterocycles. The highest BCUT2D eigenvalue weighted by atomic mass is 32.2. The van der Waals surface area contributed by atoms with Crippen LogP contribution in [0, 0.1) is 0 Å². The molecule has 0 spiro atoms. The average molecular weight is 335 g/mol. The molecule has 0 amide bonds. The van der Waals surface area contributed by atoms with Gasteiger partial charge in [0.05, 0.1) is 10.6 Å². The first-order chi connectivity index (χ1) is 10.9. The van der Waals surface area contributed by atoms with Crippen LogP contribution in [-0.2, 0) is 14.8 Å². The number of carboxylic acid groups (broad SMARTS) is 1. The topological polar surface area (TPSA) is 83.9 Å². The first-order valence-electron chi connectivity index (χ1n) is 6.97. The number of hydrogen-bond donors (Lipinski definition) is 1. The van der Waals surface area contributed by atoms with Crippen molar-refractivity contribution in [2.24, 2.45) is 0 Å². The summed E-state index contributed by atoms with van der Waals surface area (Å²) in [5.74, 6) is -0.794. The molecule has 0 aliphatic carbocycles. The lowest BCUT2D eigenvalue weighted by molar-refractivity contribution is -0.139. The number of aliphatic carboxylic acids is 1. The second kappa shape index (κ2) is 7.15. The monoisotopic (exact) mass is 335 g/mol. The standard InChI is InChI=1S/C16H17NO5S/c1-2-17(13-6-4-3-5-7-13)23(20,21)15-10-8-14(9-11-15)22-12-16(18)19/h3-11H,2,12H2,1H3,(H,18,19). The summed E-state index contributed by atoms with van der Waals surface area (Å²) in [6, 6.07) is 14.5. The number of ether oxygens (including phenoxy) is 1. The van der Waals surface area contributed by atoms with Crippen LogP contribution in [0.4, 0.5) is 5.69 Å². The van der Waals surface area contributed by atoms with E-state index in [0.717, 1.165) is 0 Å². The van der Waals surface area contributed by atoms with Gasteiger partial charge in [0.1, 0.15) is 5.75 Å². The minimum absolute atomic E-state index is 0.117. The van der Waals surface area contributed by atoms with E-state index in [1.807, 2.05) is 6.07 Å². The van der Waals surface area contributed by atoms with Crippen molar-refractivity contribution in [3.05, 3.63) is 54.6 Å². The Morgan fingerprint density at radius 3 is 2.22 bits per heavy atom. The minimum Gasteiger partial charge on any atom is -0.482 e. The fraction of sp³-hybridized carbons (Fsp3) is 0.188. The molecule has 2 aromatic rings. The van der Waals surface area contributed by atoms with Crippen molar-refractivity contribution in [1.29, 1.82) is 0 Å². The largest absolute Gasteiger partial charge is 0.482 e. The van der Waals surface area contributed by atoms with Crippen molar-refractivity contribution in [1.82, 2.24) is 0 Å². The molecule has 0 aliphatic heterocycles. The maximum Gasteiger partial charge on any atom is 0.341 e. The predicted octanol–water partition coefficient (Wildman–Crippen LogP) is 2.37. The second-order valence-corrected chi connectivity index (χ2v) is 6.52. The van der Waals surface area contributed by atoms with Crippen LogP contribution in [0.15, 0.2) is 59.5 Å². The number of hydrogen-bond acceptors (Lipinski definition) is 4. The molecule has 1 N–H and O–H groups in total. The molecule has 0 heterocycles. The molecule has 0 bridgehead atoms. The molecule has 0 unspecified atom stereocenters. The molecule has 2 rings (SSSR count). The first kappa shape index (κ1) is 16.8. The van der Waals surface area contributed by atoms with Crippen LogP contribution in [0.1, 0.15) is 6.92 Å². The fourth-order valence-electron chi connectivity index (χ4n) is 2.07. The van der Waals surface area contributed by atoms with E-state index >= 15 is 0 Å². The van der Waals surface area contributed by atoms with E-state index in [-0.39, 0.29) is 4.90 Å². The van der Waals surface area contributed by atoms with Crippen LogP contribution in [-0.4, -0.2) is 32.6 Å². The van der Waals surface area contributed by atoms with Crippen LogP contribution in [0.5, 0.6) is 5.75 Å². The third-order valence-electron chi connectivity index (χ3n) is 3.11. The predicted molar refractivity (Wildman–Crippen MR) is 86.2 cm³/mol. The van der Waals surface area contributed by atoms with Gasteiger partial charge in [0.15, 0.2) is 6.61 Å². The highest BCUT2D eigenvalue weighted by Crippen LogP contribution is 2.24.